The van der Waals surface area contributed by atoms with E-state index in [-0.39, 0.29) is 11.8 Å². The van der Waals surface area contributed by atoms with E-state index in [9.17, 15) is 9.59 Å². The van der Waals surface area contributed by atoms with Crippen molar-refractivity contribution in [3.63, 3.8) is 0 Å². The molecule has 4 aromatic rings. The van der Waals surface area contributed by atoms with Gasteiger partial charge >= 0.3 is 0 Å². The first-order valence-corrected chi connectivity index (χ1v) is 10.2. The second kappa shape index (κ2) is 8.71. The number of carbonyl (C=O) groups is 2. The molecule has 3 aromatic carbocycles. The predicted octanol–water partition coefficient (Wildman–Crippen LogP) is 5.51. The average molecular weight is 414 g/mol. The molecule has 0 unspecified atom stereocenters. The van der Waals surface area contributed by atoms with Crippen LogP contribution in [-0.2, 0) is 4.79 Å². The minimum atomic E-state index is -0.260. The zero-order valence-corrected chi connectivity index (χ0v) is 17.1. The van der Waals surface area contributed by atoms with E-state index in [4.69, 9.17) is 0 Å². The number of carbonyl (C=O) groups excluding carboxylic acids is 2. The zero-order chi connectivity index (χ0) is 20.9. The second-order valence-corrected chi connectivity index (χ2v) is 7.70. The van der Waals surface area contributed by atoms with Gasteiger partial charge in [-0.1, -0.05) is 36.4 Å². The molecule has 0 saturated carbocycles. The van der Waals surface area contributed by atoms with Gasteiger partial charge in [0.2, 0.25) is 5.91 Å². The third-order valence-electron chi connectivity index (χ3n) is 4.56. The van der Waals surface area contributed by atoms with Gasteiger partial charge in [0, 0.05) is 23.0 Å². The summed E-state index contributed by atoms with van der Waals surface area (Å²) in [5.74, 6) is -0.457. The van der Waals surface area contributed by atoms with E-state index < -0.39 is 0 Å². The molecule has 0 aliphatic heterocycles. The van der Waals surface area contributed by atoms with E-state index in [1.165, 1.54) is 17.4 Å². The molecule has 30 heavy (non-hydrogen) atoms. The van der Waals surface area contributed by atoms with Gasteiger partial charge in [0.05, 0.1) is 10.2 Å². The average Bonchev–Trinajstić information content (AvgIpc) is 3.19. The maximum absolute atomic E-state index is 12.4. The van der Waals surface area contributed by atoms with Crippen LogP contribution in [-0.4, -0.2) is 16.8 Å². The molecule has 0 aliphatic rings. The molecule has 148 valence electrons. The molecule has 1 heterocycles. The minimum Gasteiger partial charge on any atom is -0.322 e. The van der Waals surface area contributed by atoms with Crippen LogP contribution in [0.3, 0.4) is 0 Å². The molecular weight excluding hydrogens is 394 g/mol. The lowest BCUT2D eigenvalue weighted by molar-refractivity contribution is -0.111. The largest absolute Gasteiger partial charge is 0.322 e. The Kier molecular flexibility index (Phi) is 5.68. The van der Waals surface area contributed by atoms with Crippen LogP contribution in [0.1, 0.15) is 20.9 Å². The summed E-state index contributed by atoms with van der Waals surface area (Å²) in [4.78, 5) is 29.3. The number of nitrogens with zero attached hydrogens (tertiary/aromatic N) is 1. The number of amides is 2. The molecule has 5 nitrogen and oxygen atoms in total. The van der Waals surface area contributed by atoms with E-state index in [1.807, 2.05) is 55.5 Å². The van der Waals surface area contributed by atoms with Crippen LogP contribution in [0.2, 0.25) is 0 Å². The number of hydrogen-bond acceptors (Lipinski definition) is 4. The molecule has 4 rings (SSSR count). The van der Waals surface area contributed by atoms with E-state index in [0.717, 1.165) is 20.8 Å². The molecule has 0 aliphatic carbocycles. The third-order valence-corrected chi connectivity index (χ3v) is 5.57. The number of fused-ring (bicyclic) bond motifs is 1. The lowest BCUT2D eigenvalue weighted by Gasteiger charge is -2.13. The highest BCUT2D eigenvalue weighted by molar-refractivity contribution is 7.19. The van der Waals surface area contributed by atoms with Crippen molar-refractivity contribution in [2.75, 3.05) is 10.6 Å². The van der Waals surface area contributed by atoms with Gasteiger partial charge in [-0.15, -0.1) is 11.3 Å². The number of para-hydroxylation sites is 1. The van der Waals surface area contributed by atoms with Crippen LogP contribution in [0.4, 0.5) is 11.4 Å². The Balaban J connectivity index is 1.45. The highest BCUT2D eigenvalue weighted by Crippen LogP contribution is 2.25. The van der Waals surface area contributed by atoms with Crippen molar-refractivity contribution in [3.05, 3.63) is 95.0 Å². The van der Waals surface area contributed by atoms with Gasteiger partial charge in [-0.3, -0.25) is 9.59 Å². The summed E-state index contributed by atoms with van der Waals surface area (Å²) < 4.78 is 1.08. The van der Waals surface area contributed by atoms with Gasteiger partial charge in [0.1, 0.15) is 5.01 Å². The Morgan fingerprint density at radius 2 is 1.57 bits per heavy atom. The number of rotatable bonds is 5. The summed E-state index contributed by atoms with van der Waals surface area (Å²) in [5, 5.41) is 6.53. The van der Waals surface area contributed by atoms with Gasteiger partial charge < -0.3 is 10.6 Å². The summed E-state index contributed by atoms with van der Waals surface area (Å²) in [5.41, 5.74) is 3.56. The van der Waals surface area contributed by atoms with Crippen molar-refractivity contribution >= 4 is 50.8 Å². The van der Waals surface area contributed by atoms with Crippen LogP contribution >= 0.6 is 11.3 Å². The first kappa shape index (κ1) is 19.5. The van der Waals surface area contributed by atoms with Crippen LogP contribution < -0.4 is 10.6 Å². The normalized spacial score (nSPS) is 11.0. The van der Waals surface area contributed by atoms with Gasteiger partial charge in [-0.2, -0.15) is 0 Å². The van der Waals surface area contributed by atoms with Crippen molar-refractivity contribution in [1.29, 1.82) is 0 Å². The van der Waals surface area contributed by atoms with Gasteiger partial charge in [-0.05, 0) is 55.0 Å². The lowest BCUT2D eigenvalue weighted by atomic mass is 10.1. The van der Waals surface area contributed by atoms with Gasteiger partial charge in [-0.25, -0.2) is 4.98 Å². The summed E-state index contributed by atoms with van der Waals surface area (Å²) >= 11 is 1.53. The third kappa shape index (κ3) is 4.45. The van der Waals surface area contributed by atoms with Crippen LogP contribution in [0, 0.1) is 6.92 Å². The Hall–Kier alpha value is -3.77. The van der Waals surface area contributed by atoms with Gasteiger partial charge in [0.15, 0.2) is 0 Å². The van der Waals surface area contributed by atoms with Crippen molar-refractivity contribution in [1.82, 2.24) is 4.98 Å². The first-order chi connectivity index (χ1) is 14.6. The molecule has 0 bridgehead atoms. The number of nitrogens with one attached hydrogen (secondary N) is 2. The van der Waals surface area contributed by atoms with Crippen LogP contribution in [0.5, 0.6) is 0 Å². The number of benzene rings is 3. The minimum absolute atomic E-state index is 0.196. The van der Waals surface area contributed by atoms with Crippen LogP contribution in [0.25, 0.3) is 16.3 Å². The van der Waals surface area contributed by atoms with Crippen molar-refractivity contribution < 1.29 is 9.59 Å². The smallest absolute Gasteiger partial charge is 0.255 e. The van der Waals surface area contributed by atoms with Crippen molar-refractivity contribution in [3.8, 4) is 0 Å². The Bertz CT molecular complexity index is 1210. The van der Waals surface area contributed by atoms with Crippen molar-refractivity contribution in [2.45, 2.75) is 6.92 Å². The molecule has 0 spiro atoms. The highest BCUT2D eigenvalue weighted by atomic mass is 32.1. The summed E-state index contributed by atoms with van der Waals surface area (Å²) in [7, 11) is 0. The maximum Gasteiger partial charge on any atom is 0.255 e. The van der Waals surface area contributed by atoms with Crippen molar-refractivity contribution in [2.24, 2.45) is 0 Å². The molecule has 2 N–H and O–H groups in total. The fourth-order valence-corrected chi connectivity index (χ4v) is 3.84. The topological polar surface area (TPSA) is 71.1 Å². The molecule has 0 saturated heterocycles. The highest BCUT2D eigenvalue weighted by Gasteiger charge is 2.10. The van der Waals surface area contributed by atoms with Gasteiger partial charge in [0.25, 0.3) is 5.91 Å². The Morgan fingerprint density at radius 1 is 0.867 bits per heavy atom. The quantitative estimate of drug-likeness (QED) is 0.424. The fourth-order valence-electron chi connectivity index (χ4n) is 2.97. The number of thiazole rings is 1. The van der Waals surface area contributed by atoms with Crippen LogP contribution in [0.15, 0.2) is 78.9 Å². The molecule has 6 heteroatoms. The summed E-state index contributed by atoms with van der Waals surface area (Å²) in [6.45, 7) is 1.85. The molecule has 0 radical (unpaired) electrons. The fraction of sp³-hybridized carbons (Fsp3) is 0.0417. The summed E-state index contributed by atoms with van der Waals surface area (Å²) in [6.07, 6.45) is 3.17. The van der Waals surface area contributed by atoms with E-state index in [0.29, 0.717) is 16.9 Å². The Morgan fingerprint density at radius 3 is 2.33 bits per heavy atom. The zero-order valence-electron chi connectivity index (χ0n) is 16.3. The molecule has 0 atom stereocenters. The molecular formula is C24H19N3O2S. The Labute approximate surface area is 178 Å². The molecule has 0 fully saturated rings. The number of anilines is 2. The van der Waals surface area contributed by atoms with E-state index in [1.54, 1.807) is 30.3 Å². The lowest BCUT2D eigenvalue weighted by Crippen LogP contribution is -2.14. The molecule has 1 aromatic heterocycles. The number of hydrogen-bond donors (Lipinski definition) is 2. The second-order valence-electron chi connectivity index (χ2n) is 6.64. The number of aromatic nitrogens is 1. The monoisotopic (exact) mass is 413 g/mol. The predicted molar refractivity (Wildman–Crippen MR) is 123 cm³/mol. The van der Waals surface area contributed by atoms with E-state index in [2.05, 4.69) is 15.6 Å². The standard InChI is InChI=1S/C24H19N3O2S/c1-16-18(11-7-12-19(16)27-24(29)17-8-3-2-4-9-17)25-22(28)14-15-23-26-20-10-5-6-13-21(20)30-23/h2-15H,1H3,(H,25,28)(H,27,29)/b15-14+. The maximum atomic E-state index is 12.4. The summed E-state index contributed by atoms with van der Waals surface area (Å²) in [6, 6.07) is 22.3. The van der Waals surface area contributed by atoms with E-state index >= 15 is 0 Å². The molecule has 2 amide bonds. The SMILES string of the molecule is Cc1c(NC(=O)/C=C/c2nc3ccccc3s2)cccc1NC(=O)c1ccccc1. The first-order valence-electron chi connectivity index (χ1n) is 9.41.